The molecule has 17 heavy (non-hydrogen) atoms. The summed E-state index contributed by atoms with van der Waals surface area (Å²) in [4.78, 5) is 18.6. The quantitative estimate of drug-likeness (QED) is 0.866. The topological polar surface area (TPSA) is 72.3 Å². The lowest BCUT2D eigenvalue weighted by Gasteiger charge is -2.05. The molecule has 2 rings (SSSR count). The summed E-state index contributed by atoms with van der Waals surface area (Å²) < 4.78 is 5.43. The summed E-state index contributed by atoms with van der Waals surface area (Å²) in [6.07, 6.45) is 4.79. The van der Waals surface area contributed by atoms with Gasteiger partial charge < -0.3 is 9.84 Å². The van der Waals surface area contributed by atoms with E-state index >= 15 is 0 Å². The highest BCUT2D eigenvalue weighted by Gasteiger charge is 2.02. The standard InChI is InChI=1S/C12H10N2O3/c15-12(16)9-1-3-11(4-2-9)17-8-10-7-13-5-6-14-10/h1-7H,8H2,(H,15,16). The first kappa shape index (κ1) is 11.1. The molecule has 0 unspecified atom stereocenters. The molecule has 5 nitrogen and oxygen atoms in total. The molecule has 0 aliphatic carbocycles. The number of rotatable bonds is 4. The van der Waals surface area contributed by atoms with Crippen molar-refractivity contribution in [2.24, 2.45) is 0 Å². The van der Waals surface area contributed by atoms with E-state index in [1.54, 1.807) is 30.7 Å². The summed E-state index contributed by atoms with van der Waals surface area (Å²) in [5.41, 5.74) is 0.951. The van der Waals surface area contributed by atoms with Crippen molar-refractivity contribution in [1.29, 1.82) is 0 Å². The van der Waals surface area contributed by atoms with Crippen molar-refractivity contribution in [2.45, 2.75) is 6.61 Å². The van der Waals surface area contributed by atoms with Gasteiger partial charge in [-0.3, -0.25) is 9.97 Å². The number of ether oxygens (including phenoxy) is 1. The average molecular weight is 230 g/mol. The van der Waals surface area contributed by atoms with Crippen LogP contribution in [0.25, 0.3) is 0 Å². The van der Waals surface area contributed by atoms with Gasteiger partial charge in [-0.25, -0.2) is 4.79 Å². The molecular formula is C12H10N2O3. The number of nitrogens with zero attached hydrogens (tertiary/aromatic N) is 2. The highest BCUT2D eigenvalue weighted by molar-refractivity contribution is 5.87. The summed E-state index contributed by atoms with van der Waals surface area (Å²) in [5, 5.41) is 8.72. The summed E-state index contributed by atoms with van der Waals surface area (Å²) in [5.74, 6) is -0.355. The molecule has 0 aliphatic rings. The van der Waals surface area contributed by atoms with Gasteiger partial charge in [-0.1, -0.05) is 0 Å². The van der Waals surface area contributed by atoms with Gasteiger partial charge in [0.05, 0.1) is 17.5 Å². The van der Waals surface area contributed by atoms with E-state index in [0.29, 0.717) is 12.4 Å². The molecule has 2 aromatic rings. The second-order valence-corrected chi connectivity index (χ2v) is 3.31. The number of benzene rings is 1. The normalized spacial score (nSPS) is 9.88. The first-order valence-corrected chi connectivity index (χ1v) is 4.97. The van der Waals surface area contributed by atoms with Crippen LogP contribution in [0.3, 0.4) is 0 Å². The number of hydrogen-bond donors (Lipinski definition) is 1. The van der Waals surface area contributed by atoms with E-state index in [1.807, 2.05) is 0 Å². The van der Waals surface area contributed by atoms with E-state index in [0.717, 1.165) is 5.69 Å². The van der Waals surface area contributed by atoms with E-state index in [2.05, 4.69) is 9.97 Å². The molecule has 1 aromatic carbocycles. The minimum absolute atomic E-state index is 0.233. The molecule has 0 bridgehead atoms. The van der Waals surface area contributed by atoms with E-state index in [1.165, 1.54) is 12.1 Å². The fourth-order valence-electron chi connectivity index (χ4n) is 1.26. The van der Waals surface area contributed by atoms with Crippen molar-refractivity contribution in [3.8, 4) is 5.75 Å². The average Bonchev–Trinajstić information content (AvgIpc) is 2.38. The van der Waals surface area contributed by atoms with Gasteiger partial charge in [0.1, 0.15) is 12.4 Å². The zero-order valence-electron chi connectivity index (χ0n) is 8.91. The van der Waals surface area contributed by atoms with E-state index < -0.39 is 5.97 Å². The molecular weight excluding hydrogens is 220 g/mol. The third kappa shape index (κ3) is 3.01. The van der Waals surface area contributed by atoms with Gasteiger partial charge in [-0.2, -0.15) is 0 Å². The smallest absolute Gasteiger partial charge is 0.335 e. The van der Waals surface area contributed by atoms with Crippen molar-refractivity contribution < 1.29 is 14.6 Å². The highest BCUT2D eigenvalue weighted by atomic mass is 16.5. The number of carbonyl (C=O) groups is 1. The molecule has 0 saturated heterocycles. The molecule has 86 valence electrons. The molecule has 0 fully saturated rings. The van der Waals surface area contributed by atoms with E-state index in [9.17, 15) is 4.79 Å². The second-order valence-electron chi connectivity index (χ2n) is 3.31. The van der Waals surface area contributed by atoms with Crippen molar-refractivity contribution >= 4 is 5.97 Å². The third-order valence-electron chi connectivity index (χ3n) is 2.10. The van der Waals surface area contributed by atoms with Gasteiger partial charge in [0.15, 0.2) is 0 Å². The van der Waals surface area contributed by atoms with Gasteiger partial charge in [-0.15, -0.1) is 0 Å². The minimum Gasteiger partial charge on any atom is -0.487 e. The Morgan fingerprint density at radius 1 is 1.24 bits per heavy atom. The Bertz CT molecular complexity index is 497. The lowest BCUT2D eigenvalue weighted by atomic mass is 10.2. The van der Waals surface area contributed by atoms with Crippen molar-refractivity contribution in [2.75, 3.05) is 0 Å². The van der Waals surface area contributed by atoms with Gasteiger partial charge in [-0.05, 0) is 24.3 Å². The van der Waals surface area contributed by atoms with E-state index in [4.69, 9.17) is 9.84 Å². The van der Waals surface area contributed by atoms with Gasteiger partial charge in [0.2, 0.25) is 0 Å². The fraction of sp³-hybridized carbons (Fsp3) is 0.0833. The van der Waals surface area contributed by atoms with Crippen LogP contribution >= 0.6 is 0 Å². The van der Waals surface area contributed by atoms with Crippen LogP contribution in [0, 0.1) is 0 Å². The number of aromatic carboxylic acids is 1. The van der Waals surface area contributed by atoms with Crippen LogP contribution in [0.2, 0.25) is 0 Å². The number of carboxylic acid groups (broad SMARTS) is 1. The molecule has 1 heterocycles. The summed E-state index contributed by atoms with van der Waals surface area (Å²) in [6, 6.07) is 6.21. The summed E-state index contributed by atoms with van der Waals surface area (Å²) in [6.45, 7) is 0.306. The number of hydrogen-bond acceptors (Lipinski definition) is 4. The van der Waals surface area contributed by atoms with Crippen LogP contribution in [0.5, 0.6) is 5.75 Å². The van der Waals surface area contributed by atoms with Crippen LogP contribution in [-0.2, 0) is 6.61 Å². The minimum atomic E-state index is -0.953. The van der Waals surface area contributed by atoms with Gasteiger partial charge >= 0.3 is 5.97 Å². The second kappa shape index (κ2) is 5.07. The predicted octanol–water partition coefficient (Wildman–Crippen LogP) is 1.75. The largest absolute Gasteiger partial charge is 0.487 e. The van der Waals surface area contributed by atoms with Crippen LogP contribution < -0.4 is 4.74 Å². The zero-order valence-corrected chi connectivity index (χ0v) is 8.91. The SMILES string of the molecule is O=C(O)c1ccc(OCc2cnccn2)cc1. The first-order chi connectivity index (χ1) is 8.25. The maximum absolute atomic E-state index is 10.6. The molecule has 0 spiro atoms. The molecule has 0 amide bonds. The Hall–Kier alpha value is -2.43. The van der Waals surface area contributed by atoms with Crippen molar-refractivity contribution in [3.63, 3.8) is 0 Å². The lowest BCUT2D eigenvalue weighted by molar-refractivity contribution is 0.0697. The van der Waals surface area contributed by atoms with Gasteiger partial charge in [0.25, 0.3) is 0 Å². The van der Waals surface area contributed by atoms with E-state index in [-0.39, 0.29) is 5.56 Å². The van der Waals surface area contributed by atoms with Crippen LogP contribution in [-0.4, -0.2) is 21.0 Å². The Kier molecular flexibility index (Phi) is 3.30. The fourth-order valence-corrected chi connectivity index (χ4v) is 1.26. The Morgan fingerprint density at radius 2 is 2.00 bits per heavy atom. The monoisotopic (exact) mass is 230 g/mol. The Balaban J connectivity index is 1.98. The summed E-state index contributed by atoms with van der Waals surface area (Å²) >= 11 is 0. The molecule has 0 atom stereocenters. The Morgan fingerprint density at radius 3 is 2.59 bits per heavy atom. The third-order valence-corrected chi connectivity index (χ3v) is 2.10. The molecule has 0 saturated carbocycles. The Labute approximate surface area is 97.7 Å². The highest BCUT2D eigenvalue weighted by Crippen LogP contribution is 2.13. The molecule has 1 N–H and O–H groups in total. The molecule has 0 radical (unpaired) electrons. The lowest BCUT2D eigenvalue weighted by Crippen LogP contribution is -1.99. The number of aromatic nitrogens is 2. The van der Waals surface area contributed by atoms with Crippen molar-refractivity contribution in [3.05, 3.63) is 54.1 Å². The maximum Gasteiger partial charge on any atom is 0.335 e. The number of carboxylic acids is 1. The van der Waals surface area contributed by atoms with Crippen molar-refractivity contribution in [1.82, 2.24) is 9.97 Å². The molecule has 1 aromatic heterocycles. The zero-order chi connectivity index (χ0) is 12.1. The maximum atomic E-state index is 10.6. The molecule has 5 heteroatoms. The molecule has 0 aliphatic heterocycles. The first-order valence-electron chi connectivity index (χ1n) is 4.97. The summed E-state index contributed by atoms with van der Waals surface area (Å²) in [7, 11) is 0. The van der Waals surface area contributed by atoms with Crippen LogP contribution in [0.4, 0.5) is 0 Å². The van der Waals surface area contributed by atoms with Crippen LogP contribution in [0.1, 0.15) is 16.1 Å². The van der Waals surface area contributed by atoms with Gasteiger partial charge in [0, 0.05) is 12.4 Å². The van der Waals surface area contributed by atoms with Crippen LogP contribution in [0.15, 0.2) is 42.9 Å². The predicted molar refractivity (Wildman–Crippen MR) is 59.8 cm³/mol.